The van der Waals surface area contributed by atoms with Gasteiger partial charge < -0.3 is 0 Å². The maximum absolute atomic E-state index is 12.1. The Bertz CT molecular complexity index is 479. The predicted molar refractivity (Wildman–Crippen MR) is 66.4 cm³/mol. The van der Waals surface area contributed by atoms with Crippen molar-refractivity contribution in [3.8, 4) is 0 Å². The number of imide groups is 1. The Morgan fingerprint density at radius 3 is 1.83 bits per heavy atom. The first-order valence-corrected chi connectivity index (χ1v) is 6.66. The van der Waals surface area contributed by atoms with Gasteiger partial charge in [0.2, 0.25) is 0 Å². The average Bonchev–Trinajstić information content (AvgIpc) is 2.78. The molecule has 0 aromatic rings. The summed E-state index contributed by atoms with van der Waals surface area (Å²) in [5, 5.41) is 0.991. The highest BCUT2D eigenvalue weighted by Crippen LogP contribution is 2.69. The van der Waals surface area contributed by atoms with Gasteiger partial charge in [0.15, 0.2) is 0 Å². The summed E-state index contributed by atoms with van der Waals surface area (Å²) in [5.74, 6) is -2.68. The monoisotopic (exact) mass is 329 g/mol. The number of fused-ring (bicyclic) bond motifs is 5. The lowest BCUT2D eigenvalue weighted by atomic mass is 9.84. The molecule has 0 aromatic heterocycles. The topological polar surface area (TPSA) is 46.6 Å². The number of amides is 2. The van der Waals surface area contributed by atoms with E-state index in [1.54, 1.807) is 0 Å². The Labute approximate surface area is 123 Å². The van der Waals surface area contributed by atoms with E-state index in [4.69, 9.17) is 51.2 Å². The van der Waals surface area contributed by atoms with Crippen LogP contribution in [0.2, 0.25) is 0 Å². The minimum absolute atomic E-state index is 0.154. The zero-order valence-electron chi connectivity index (χ0n) is 9.05. The second kappa shape index (κ2) is 3.55. The van der Waals surface area contributed by atoms with Crippen LogP contribution in [0.4, 0.5) is 0 Å². The van der Waals surface area contributed by atoms with Crippen LogP contribution in [0.3, 0.4) is 0 Å². The van der Waals surface area contributed by atoms with Crippen molar-refractivity contribution in [2.75, 3.05) is 7.11 Å². The zero-order chi connectivity index (χ0) is 13.5. The molecule has 8 heteroatoms. The maximum atomic E-state index is 12.1. The number of hydroxylamine groups is 2. The van der Waals surface area contributed by atoms with Crippen LogP contribution in [0.1, 0.15) is 6.42 Å². The maximum Gasteiger partial charge on any atom is 0.259 e. The SMILES string of the molecule is CON1C(=O)[C@@H]2[C@H](C1=O)[C@]1(Cl)C[C@]2(Cl)C(Cl)=C1Cl. The molecule has 4 atom stereocenters. The summed E-state index contributed by atoms with van der Waals surface area (Å²) in [6.45, 7) is 0. The molecule has 2 bridgehead atoms. The van der Waals surface area contributed by atoms with Gasteiger partial charge in [-0.15, -0.1) is 23.2 Å². The number of hydrogen-bond acceptors (Lipinski definition) is 3. The minimum Gasteiger partial charge on any atom is -0.272 e. The first-order chi connectivity index (χ1) is 8.29. The van der Waals surface area contributed by atoms with Gasteiger partial charge in [-0.2, -0.15) is 5.06 Å². The molecule has 1 saturated carbocycles. The number of carbonyl (C=O) groups excluding carboxylic acids is 2. The van der Waals surface area contributed by atoms with Crippen molar-refractivity contribution in [3.05, 3.63) is 10.1 Å². The summed E-state index contributed by atoms with van der Waals surface area (Å²) in [6.07, 6.45) is 0.172. The number of halogens is 4. The number of rotatable bonds is 1. The molecule has 4 nitrogen and oxygen atoms in total. The minimum atomic E-state index is -1.20. The van der Waals surface area contributed by atoms with Crippen LogP contribution >= 0.6 is 46.4 Å². The third-order valence-electron chi connectivity index (χ3n) is 3.87. The summed E-state index contributed by atoms with van der Waals surface area (Å²) in [5.41, 5.74) is 0. The van der Waals surface area contributed by atoms with Crippen molar-refractivity contribution >= 4 is 58.2 Å². The summed E-state index contributed by atoms with van der Waals surface area (Å²) < 4.78 is 0. The third kappa shape index (κ3) is 1.15. The molecule has 98 valence electrons. The summed E-state index contributed by atoms with van der Waals surface area (Å²) >= 11 is 24.9. The molecule has 0 radical (unpaired) electrons. The smallest absolute Gasteiger partial charge is 0.259 e. The van der Waals surface area contributed by atoms with Crippen molar-refractivity contribution in [2.45, 2.75) is 16.2 Å². The third-order valence-corrected chi connectivity index (χ3v) is 6.33. The van der Waals surface area contributed by atoms with E-state index in [0.717, 1.165) is 0 Å². The van der Waals surface area contributed by atoms with E-state index in [2.05, 4.69) is 0 Å². The van der Waals surface area contributed by atoms with E-state index in [-0.39, 0.29) is 16.5 Å². The Hall–Kier alpha value is -0.000000000000000167. The molecule has 1 saturated heterocycles. The highest BCUT2D eigenvalue weighted by molar-refractivity contribution is 6.52. The number of allylic oxidation sites excluding steroid dienone is 2. The van der Waals surface area contributed by atoms with Gasteiger partial charge in [0.05, 0.1) is 38.8 Å². The van der Waals surface area contributed by atoms with Gasteiger partial charge >= 0.3 is 0 Å². The van der Waals surface area contributed by atoms with Crippen LogP contribution in [0, 0.1) is 11.8 Å². The quantitative estimate of drug-likeness (QED) is 0.547. The number of carbonyl (C=O) groups is 2. The number of nitrogens with zero attached hydrogens (tertiary/aromatic N) is 1. The molecule has 18 heavy (non-hydrogen) atoms. The fourth-order valence-corrected chi connectivity index (χ4v) is 5.05. The van der Waals surface area contributed by atoms with Gasteiger partial charge in [-0.3, -0.25) is 14.4 Å². The molecular weight excluding hydrogens is 324 g/mol. The summed E-state index contributed by atoms with van der Waals surface area (Å²) in [4.78, 5) is 26.6. The van der Waals surface area contributed by atoms with Crippen LogP contribution < -0.4 is 0 Å². The lowest BCUT2D eigenvalue weighted by Crippen LogP contribution is -2.38. The van der Waals surface area contributed by atoms with Crippen LogP contribution in [-0.4, -0.2) is 33.7 Å². The fraction of sp³-hybridized carbons (Fsp3) is 0.600. The van der Waals surface area contributed by atoms with Gasteiger partial charge in [-0.05, 0) is 6.42 Å². The van der Waals surface area contributed by atoms with E-state index in [1.165, 1.54) is 7.11 Å². The van der Waals surface area contributed by atoms with Gasteiger partial charge in [-0.25, -0.2) is 0 Å². The largest absolute Gasteiger partial charge is 0.272 e. The van der Waals surface area contributed by atoms with E-state index in [0.29, 0.717) is 5.06 Å². The van der Waals surface area contributed by atoms with Gasteiger partial charge in [0.1, 0.15) is 0 Å². The molecule has 2 amide bonds. The van der Waals surface area contributed by atoms with E-state index >= 15 is 0 Å². The molecule has 2 fully saturated rings. The molecule has 3 aliphatic rings. The number of alkyl halides is 2. The predicted octanol–water partition coefficient (Wildman–Crippen LogP) is 2.21. The zero-order valence-corrected chi connectivity index (χ0v) is 12.1. The number of hydrogen-bond donors (Lipinski definition) is 0. The molecular formula is C10H7Cl4NO3. The van der Waals surface area contributed by atoms with Crippen molar-refractivity contribution in [1.82, 2.24) is 5.06 Å². The van der Waals surface area contributed by atoms with E-state index < -0.39 is 33.4 Å². The van der Waals surface area contributed by atoms with Crippen LogP contribution in [-0.2, 0) is 14.4 Å². The Morgan fingerprint density at radius 2 is 1.50 bits per heavy atom. The first kappa shape index (κ1) is 13.0. The van der Waals surface area contributed by atoms with Crippen molar-refractivity contribution in [1.29, 1.82) is 0 Å². The average molecular weight is 331 g/mol. The second-order valence-corrected chi connectivity index (χ2v) is 6.74. The van der Waals surface area contributed by atoms with Gasteiger partial charge in [0.25, 0.3) is 11.8 Å². The van der Waals surface area contributed by atoms with E-state index in [1.807, 2.05) is 0 Å². The molecule has 1 heterocycles. The molecule has 3 rings (SSSR count). The first-order valence-electron chi connectivity index (χ1n) is 5.15. The Morgan fingerprint density at radius 1 is 1.11 bits per heavy atom. The highest BCUT2D eigenvalue weighted by atomic mass is 35.5. The Kier molecular flexibility index (Phi) is 2.57. The van der Waals surface area contributed by atoms with Gasteiger partial charge in [-0.1, -0.05) is 23.2 Å². The standard InChI is InChI=1S/C10H7Cl4NO3/c1-18-15-7(16)3-4(8(15)17)10(14)2-9(3,13)5(11)6(10)12/h3-4H,2H2,1H3/t3-,4+,9-,10-/m1/s1. The molecule has 0 aromatic carbocycles. The molecule has 0 unspecified atom stereocenters. The van der Waals surface area contributed by atoms with E-state index in [9.17, 15) is 9.59 Å². The van der Waals surface area contributed by atoms with Crippen molar-refractivity contribution in [2.24, 2.45) is 11.8 Å². The highest BCUT2D eigenvalue weighted by Gasteiger charge is 2.76. The molecule has 0 N–H and O–H groups in total. The lowest BCUT2D eigenvalue weighted by molar-refractivity contribution is -0.181. The van der Waals surface area contributed by atoms with Gasteiger partial charge in [0, 0.05) is 0 Å². The second-order valence-electron chi connectivity index (χ2n) is 4.64. The fourth-order valence-electron chi connectivity index (χ4n) is 3.13. The molecule has 1 aliphatic heterocycles. The summed E-state index contributed by atoms with van der Waals surface area (Å²) in [7, 11) is 1.23. The van der Waals surface area contributed by atoms with Crippen LogP contribution in [0.25, 0.3) is 0 Å². The normalized spacial score (nSPS) is 46.4. The molecule has 2 aliphatic carbocycles. The lowest BCUT2D eigenvalue weighted by Gasteiger charge is -2.28. The van der Waals surface area contributed by atoms with Crippen molar-refractivity contribution in [3.63, 3.8) is 0 Å². The van der Waals surface area contributed by atoms with Crippen molar-refractivity contribution < 1.29 is 14.4 Å². The van der Waals surface area contributed by atoms with Crippen LogP contribution in [0.15, 0.2) is 10.1 Å². The molecule has 0 spiro atoms. The Balaban J connectivity index is 2.20. The van der Waals surface area contributed by atoms with Crippen LogP contribution in [0.5, 0.6) is 0 Å². The summed E-state index contributed by atoms with van der Waals surface area (Å²) in [6, 6.07) is 0.